The molecule has 3 N–H and O–H groups in total. The zero-order valence-electron chi connectivity index (χ0n) is 11.1. The highest BCUT2D eigenvalue weighted by Crippen LogP contribution is 2.16. The fourth-order valence-electron chi connectivity index (χ4n) is 1.84. The van der Waals surface area contributed by atoms with Crippen LogP contribution < -0.4 is 5.43 Å². The number of hydrazone groups is 1. The summed E-state index contributed by atoms with van der Waals surface area (Å²) in [5.74, 6) is -0.340. The highest BCUT2D eigenvalue weighted by atomic mass is 16.2. The number of aromatic nitrogens is 3. The standard InChI is InChI=1S/C15H13N5O/c21-15(20-17-10-12-7-4-8-16-12)14-9-13(18-19-14)11-5-2-1-3-6-11/h1-10,16H,(H,18,19)(H,20,21)/b17-10-. The lowest BCUT2D eigenvalue weighted by Gasteiger charge is -1.94. The van der Waals surface area contributed by atoms with Gasteiger partial charge in [-0.2, -0.15) is 10.2 Å². The lowest BCUT2D eigenvalue weighted by molar-refractivity contribution is 0.0950. The van der Waals surface area contributed by atoms with Gasteiger partial charge in [-0.05, 0) is 18.2 Å². The largest absolute Gasteiger partial charge is 0.360 e. The SMILES string of the molecule is O=C(N/N=C\c1ccc[nH]1)c1cc(-c2ccccc2)n[nH]1. The molecule has 0 aliphatic rings. The van der Waals surface area contributed by atoms with Crippen molar-refractivity contribution in [3.63, 3.8) is 0 Å². The monoisotopic (exact) mass is 279 g/mol. The normalized spacial score (nSPS) is 10.9. The maximum Gasteiger partial charge on any atom is 0.289 e. The molecule has 3 aromatic rings. The molecule has 0 radical (unpaired) electrons. The predicted octanol–water partition coefficient (Wildman–Crippen LogP) is 2.17. The molecule has 0 aliphatic heterocycles. The van der Waals surface area contributed by atoms with Crippen LogP contribution in [-0.2, 0) is 0 Å². The number of aromatic amines is 2. The summed E-state index contributed by atoms with van der Waals surface area (Å²) in [5, 5.41) is 10.7. The fourth-order valence-corrected chi connectivity index (χ4v) is 1.84. The third-order valence-corrected chi connectivity index (χ3v) is 2.88. The Morgan fingerprint density at radius 2 is 2.05 bits per heavy atom. The molecule has 2 aromatic heterocycles. The number of rotatable bonds is 4. The van der Waals surface area contributed by atoms with Crippen LogP contribution in [0.25, 0.3) is 11.3 Å². The smallest absolute Gasteiger partial charge is 0.289 e. The molecule has 3 rings (SSSR count). The van der Waals surface area contributed by atoms with E-state index in [-0.39, 0.29) is 5.91 Å². The van der Waals surface area contributed by atoms with E-state index in [0.29, 0.717) is 11.4 Å². The molecule has 1 amide bonds. The molecule has 0 spiro atoms. The summed E-state index contributed by atoms with van der Waals surface area (Å²) in [6, 6.07) is 15.0. The van der Waals surface area contributed by atoms with Crippen molar-refractivity contribution in [1.29, 1.82) is 0 Å². The Bertz CT molecular complexity index is 743. The summed E-state index contributed by atoms with van der Waals surface area (Å²) >= 11 is 0. The Hall–Kier alpha value is -3.15. The fraction of sp³-hybridized carbons (Fsp3) is 0. The summed E-state index contributed by atoms with van der Waals surface area (Å²) in [6.45, 7) is 0. The van der Waals surface area contributed by atoms with Crippen molar-refractivity contribution in [2.45, 2.75) is 0 Å². The Morgan fingerprint density at radius 3 is 2.81 bits per heavy atom. The van der Waals surface area contributed by atoms with E-state index in [9.17, 15) is 4.79 Å². The van der Waals surface area contributed by atoms with Crippen LogP contribution in [0.4, 0.5) is 0 Å². The van der Waals surface area contributed by atoms with Crippen molar-refractivity contribution in [3.05, 3.63) is 66.1 Å². The third kappa shape index (κ3) is 3.06. The number of hydrogen-bond donors (Lipinski definition) is 3. The molecule has 0 unspecified atom stereocenters. The Morgan fingerprint density at radius 1 is 1.19 bits per heavy atom. The van der Waals surface area contributed by atoms with Crippen LogP contribution in [0.5, 0.6) is 0 Å². The third-order valence-electron chi connectivity index (χ3n) is 2.88. The Kier molecular flexibility index (Phi) is 3.60. The number of benzene rings is 1. The van der Waals surface area contributed by atoms with E-state index in [4.69, 9.17) is 0 Å². The molecule has 6 heteroatoms. The molecule has 0 atom stereocenters. The van der Waals surface area contributed by atoms with Gasteiger partial charge in [0, 0.05) is 11.8 Å². The van der Waals surface area contributed by atoms with Crippen molar-refractivity contribution >= 4 is 12.1 Å². The van der Waals surface area contributed by atoms with Crippen LogP contribution in [0.3, 0.4) is 0 Å². The first-order valence-electron chi connectivity index (χ1n) is 6.40. The number of carbonyl (C=O) groups excluding carboxylic acids is 1. The van der Waals surface area contributed by atoms with E-state index in [1.807, 2.05) is 42.5 Å². The Labute approximate surface area is 120 Å². The van der Waals surface area contributed by atoms with Gasteiger partial charge in [0.15, 0.2) is 0 Å². The lowest BCUT2D eigenvalue weighted by Crippen LogP contribution is -2.18. The molecule has 21 heavy (non-hydrogen) atoms. The lowest BCUT2D eigenvalue weighted by atomic mass is 10.1. The van der Waals surface area contributed by atoms with Crippen LogP contribution in [0.15, 0.2) is 59.8 Å². The van der Waals surface area contributed by atoms with E-state index in [1.54, 1.807) is 12.3 Å². The first-order valence-corrected chi connectivity index (χ1v) is 6.40. The van der Waals surface area contributed by atoms with Crippen LogP contribution in [0.1, 0.15) is 16.2 Å². The van der Waals surface area contributed by atoms with Crippen molar-refractivity contribution in [2.75, 3.05) is 0 Å². The van der Waals surface area contributed by atoms with Crippen molar-refractivity contribution < 1.29 is 4.79 Å². The second-order valence-corrected chi connectivity index (χ2v) is 4.36. The highest BCUT2D eigenvalue weighted by Gasteiger charge is 2.09. The molecule has 1 aromatic carbocycles. The molecule has 6 nitrogen and oxygen atoms in total. The molecule has 0 bridgehead atoms. The number of hydrogen-bond acceptors (Lipinski definition) is 3. The molecule has 0 aliphatic carbocycles. The van der Waals surface area contributed by atoms with E-state index >= 15 is 0 Å². The first-order chi connectivity index (χ1) is 10.3. The maximum absolute atomic E-state index is 11.9. The Balaban J connectivity index is 1.67. The number of H-pyrrole nitrogens is 2. The molecule has 0 fully saturated rings. The van der Waals surface area contributed by atoms with Gasteiger partial charge in [-0.1, -0.05) is 30.3 Å². The van der Waals surface area contributed by atoms with E-state index in [2.05, 4.69) is 25.7 Å². The minimum absolute atomic E-state index is 0.340. The topological polar surface area (TPSA) is 85.9 Å². The van der Waals surface area contributed by atoms with Crippen molar-refractivity contribution in [3.8, 4) is 11.3 Å². The average molecular weight is 279 g/mol. The van der Waals surface area contributed by atoms with Gasteiger partial charge in [-0.3, -0.25) is 9.89 Å². The number of amides is 1. The highest BCUT2D eigenvalue weighted by molar-refractivity contribution is 5.93. The van der Waals surface area contributed by atoms with Gasteiger partial charge < -0.3 is 4.98 Å². The number of nitrogens with zero attached hydrogens (tertiary/aromatic N) is 2. The van der Waals surface area contributed by atoms with E-state index in [1.165, 1.54) is 6.21 Å². The average Bonchev–Trinajstić information content (AvgIpc) is 3.20. The zero-order chi connectivity index (χ0) is 14.5. The zero-order valence-corrected chi connectivity index (χ0v) is 11.1. The quantitative estimate of drug-likeness (QED) is 0.505. The van der Waals surface area contributed by atoms with Crippen molar-refractivity contribution in [2.24, 2.45) is 5.10 Å². The van der Waals surface area contributed by atoms with Gasteiger partial charge in [-0.15, -0.1) is 0 Å². The van der Waals surface area contributed by atoms with E-state index in [0.717, 1.165) is 11.3 Å². The van der Waals surface area contributed by atoms with Crippen LogP contribution in [-0.4, -0.2) is 27.3 Å². The van der Waals surface area contributed by atoms with Gasteiger partial charge in [-0.25, -0.2) is 5.43 Å². The molecule has 104 valence electrons. The van der Waals surface area contributed by atoms with Gasteiger partial charge in [0.2, 0.25) is 0 Å². The first kappa shape index (κ1) is 12.9. The second kappa shape index (κ2) is 5.87. The van der Waals surface area contributed by atoms with Crippen LogP contribution in [0, 0.1) is 0 Å². The number of nitrogens with one attached hydrogen (secondary N) is 3. The molecule has 2 heterocycles. The molecular weight excluding hydrogens is 266 g/mol. The van der Waals surface area contributed by atoms with Gasteiger partial charge in [0.1, 0.15) is 5.69 Å². The minimum Gasteiger partial charge on any atom is -0.360 e. The molecule has 0 saturated heterocycles. The molecule has 0 saturated carbocycles. The number of carbonyl (C=O) groups is 1. The summed E-state index contributed by atoms with van der Waals surface area (Å²) < 4.78 is 0. The maximum atomic E-state index is 11.9. The summed E-state index contributed by atoms with van der Waals surface area (Å²) in [6.07, 6.45) is 3.32. The van der Waals surface area contributed by atoms with Gasteiger partial charge in [0.25, 0.3) is 5.91 Å². The van der Waals surface area contributed by atoms with Gasteiger partial charge in [0.05, 0.1) is 17.6 Å². The van der Waals surface area contributed by atoms with Crippen LogP contribution in [0.2, 0.25) is 0 Å². The molecular formula is C15H13N5O. The summed E-state index contributed by atoms with van der Waals surface area (Å²) in [4.78, 5) is 14.9. The minimum atomic E-state index is -0.340. The summed E-state index contributed by atoms with van der Waals surface area (Å²) in [5.41, 5.74) is 5.27. The van der Waals surface area contributed by atoms with E-state index < -0.39 is 0 Å². The van der Waals surface area contributed by atoms with Gasteiger partial charge >= 0.3 is 0 Å². The van der Waals surface area contributed by atoms with Crippen molar-refractivity contribution in [1.82, 2.24) is 20.6 Å². The predicted molar refractivity (Wildman–Crippen MR) is 79.9 cm³/mol. The second-order valence-electron chi connectivity index (χ2n) is 4.36. The van der Waals surface area contributed by atoms with Crippen LogP contribution >= 0.6 is 0 Å². The summed E-state index contributed by atoms with van der Waals surface area (Å²) in [7, 11) is 0.